The maximum absolute atomic E-state index is 5.93. The van der Waals surface area contributed by atoms with Gasteiger partial charge in [-0.1, -0.05) is 19.4 Å². The van der Waals surface area contributed by atoms with Gasteiger partial charge in [0.2, 0.25) is 0 Å². The van der Waals surface area contributed by atoms with Crippen molar-refractivity contribution in [3.8, 4) is 11.5 Å². The van der Waals surface area contributed by atoms with Gasteiger partial charge < -0.3 is 20.5 Å². The van der Waals surface area contributed by atoms with Crippen LogP contribution < -0.4 is 20.5 Å². The third kappa shape index (κ3) is 4.55. The second kappa shape index (κ2) is 7.92. The number of hydrogen-bond donors (Lipinski definition) is 2. The van der Waals surface area contributed by atoms with Crippen molar-refractivity contribution in [2.24, 2.45) is 16.6 Å². The molecule has 1 fully saturated rings. The SMILES string of the molecule is CCCC1CC1NC(N)=NCCc1ccc(OC)c(OC)c1. The number of hydrogen-bond acceptors (Lipinski definition) is 3. The Morgan fingerprint density at radius 1 is 1.32 bits per heavy atom. The van der Waals surface area contributed by atoms with Crippen LogP contribution in [-0.4, -0.2) is 32.8 Å². The van der Waals surface area contributed by atoms with Crippen LogP contribution in [0.15, 0.2) is 23.2 Å². The van der Waals surface area contributed by atoms with E-state index in [0.717, 1.165) is 29.4 Å². The van der Waals surface area contributed by atoms with Crippen molar-refractivity contribution in [1.82, 2.24) is 5.32 Å². The number of nitrogens with two attached hydrogens (primary N) is 1. The smallest absolute Gasteiger partial charge is 0.188 e. The molecule has 1 aromatic rings. The van der Waals surface area contributed by atoms with Gasteiger partial charge in [-0.25, -0.2) is 0 Å². The summed E-state index contributed by atoms with van der Waals surface area (Å²) < 4.78 is 10.5. The van der Waals surface area contributed by atoms with E-state index in [9.17, 15) is 0 Å². The first-order chi connectivity index (χ1) is 10.7. The molecule has 0 bridgehead atoms. The summed E-state index contributed by atoms with van der Waals surface area (Å²) in [5.41, 5.74) is 7.09. The molecule has 1 aliphatic rings. The quantitative estimate of drug-likeness (QED) is 0.571. The molecule has 0 saturated heterocycles. The van der Waals surface area contributed by atoms with E-state index in [1.807, 2.05) is 18.2 Å². The van der Waals surface area contributed by atoms with E-state index in [-0.39, 0.29) is 0 Å². The molecule has 22 heavy (non-hydrogen) atoms. The Kier molecular flexibility index (Phi) is 5.92. The van der Waals surface area contributed by atoms with Gasteiger partial charge in [-0.3, -0.25) is 4.99 Å². The topological polar surface area (TPSA) is 68.9 Å². The first-order valence-corrected chi connectivity index (χ1v) is 7.95. The standard InChI is InChI=1S/C17H27N3O2/c1-4-5-13-11-14(13)20-17(18)19-9-8-12-6-7-15(21-2)16(10-12)22-3/h6-7,10,13-14H,4-5,8-9,11H2,1-3H3,(H3,18,19,20). The number of rotatable bonds is 8. The van der Waals surface area contributed by atoms with Gasteiger partial charge >= 0.3 is 0 Å². The van der Waals surface area contributed by atoms with E-state index >= 15 is 0 Å². The van der Waals surface area contributed by atoms with Crippen LogP contribution in [0.1, 0.15) is 31.7 Å². The fraction of sp³-hybridized carbons (Fsp3) is 0.588. The van der Waals surface area contributed by atoms with Gasteiger partial charge in [-0.15, -0.1) is 0 Å². The lowest BCUT2D eigenvalue weighted by atomic mass is 10.1. The van der Waals surface area contributed by atoms with Crippen molar-refractivity contribution in [3.05, 3.63) is 23.8 Å². The Morgan fingerprint density at radius 2 is 2.09 bits per heavy atom. The molecule has 1 aromatic carbocycles. The van der Waals surface area contributed by atoms with E-state index in [4.69, 9.17) is 15.2 Å². The molecule has 1 saturated carbocycles. The van der Waals surface area contributed by atoms with Gasteiger partial charge in [0.25, 0.3) is 0 Å². The van der Waals surface area contributed by atoms with E-state index in [0.29, 0.717) is 18.5 Å². The average Bonchev–Trinajstić information content (AvgIpc) is 3.25. The van der Waals surface area contributed by atoms with Gasteiger partial charge in [-0.05, 0) is 42.9 Å². The molecule has 2 unspecified atom stereocenters. The molecular formula is C17H27N3O2. The van der Waals surface area contributed by atoms with Gasteiger partial charge in [0.05, 0.1) is 14.2 Å². The van der Waals surface area contributed by atoms with Crippen molar-refractivity contribution in [3.63, 3.8) is 0 Å². The highest BCUT2D eigenvalue weighted by Crippen LogP contribution is 2.34. The zero-order chi connectivity index (χ0) is 15.9. The molecule has 3 N–H and O–H groups in total. The molecule has 1 aliphatic carbocycles. The summed E-state index contributed by atoms with van der Waals surface area (Å²) in [5.74, 6) is 2.83. The summed E-state index contributed by atoms with van der Waals surface area (Å²) in [5, 5.41) is 3.30. The number of guanidine groups is 1. The molecule has 122 valence electrons. The molecular weight excluding hydrogens is 278 g/mol. The van der Waals surface area contributed by atoms with Crippen molar-refractivity contribution >= 4 is 5.96 Å². The highest BCUT2D eigenvalue weighted by atomic mass is 16.5. The van der Waals surface area contributed by atoms with Crippen LogP contribution >= 0.6 is 0 Å². The molecule has 0 heterocycles. The molecule has 5 nitrogen and oxygen atoms in total. The minimum atomic E-state index is 0.532. The second-order valence-electron chi connectivity index (χ2n) is 5.74. The average molecular weight is 305 g/mol. The lowest BCUT2D eigenvalue weighted by molar-refractivity contribution is 0.354. The van der Waals surface area contributed by atoms with Crippen LogP contribution in [0.5, 0.6) is 11.5 Å². The number of aliphatic imine (C=N–C) groups is 1. The molecule has 0 amide bonds. The number of benzene rings is 1. The Hall–Kier alpha value is -1.91. The van der Waals surface area contributed by atoms with Crippen LogP contribution in [0.2, 0.25) is 0 Å². The Morgan fingerprint density at radius 3 is 2.77 bits per heavy atom. The Bertz CT molecular complexity index is 517. The Balaban J connectivity index is 1.79. The highest BCUT2D eigenvalue weighted by Gasteiger charge is 2.36. The summed E-state index contributed by atoms with van der Waals surface area (Å²) in [4.78, 5) is 4.40. The van der Waals surface area contributed by atoms with Crippen molar-refractivity contribution in [2.75, 3.05) is 20.8 Å². The van der Waals surface area contributed by atoms with Gasteiger partial charge in [0.15, 0.2) is 17.5 Å². The van der Waals surface area contributed by atoms with Crippen LogP contribution in [-0.2, 0) is 6.42 Å². The van der Waals surface area contributed by atoms with Gasteiger partial charge in [-0.2, -0.15) is 0 Å². The normalized spacial score (nSPS) is 20.6. The minimum Gasteiger partial charge on any atom is -0.493 e. The largest absolute Gasteiger partial charge is 0.493 e. The summed E-state index contributed by atoms with van der Waals surface area (Å²) in [6.07, 6.45) is 4.56. The van der Waals surface area contributed by atoms with Crippen LogP contribution in [0.25, 0.3) is 0 Å². The number of nitrogens with zero attached hydrogens (tertiary/aromatic N) is 1. The summed E-state index contributed by atoms with van der Waals surface area (Å²) in [6, 6.07) is 6.46. The third-order valence-corrected chi connectivity index (χ3v) is 4.05. The molecule has 0 aliphatic heterocycles. The fourth-order valence-electron chi connectivity index (χ4n) is 2.69. The summed E-state index contributed by atoms with van der Waals surface area (Å²) in [7, 11) is 3.28. The predicted octanol–water partition coefficient (Wildman–Crippen LogP) is 2.34. The summed E-state index contributed by atoms with van der Waals surface area (Å²) >= 11 is 0. The zero-order valence-electron chi connectivity index (χ0n) is 13.8. The predicted molar refractivity (Wildman–Crippen MR) is 89.7 cm³/mol. The number of ether oxygens (including phenoxy) is 2. The zero-order valence-corrected chi connectivity index (χ0v) is 13.8. The van der Waals surface area contributed by atoms with Crippen molar-refractivity contribution in [1.29, 1.82) is 0 Å². The van der Waals surface area contributed by atoms with E-state index in [1.54, 1.807) is 14.2 Å². The lowest BCUT2D eigenvalue weighted by Crippen LogP contribution is -2.34. The van der Waals surface area contributed by atoms with Gasteiger partial charge in [0, 0.05) is 12.6 Å². The minimum absolute atomic E-state index is 0.532. The molecule has 0 spiro atoms. The van der Waals surface area contributed by atoms with Crippen molar-refractivity contribution < 1.29 is 9.47 Å². The molecule has 0 aromatic heterocycles. The van der Waals surface area contributed by atoms with Crippen LogP contribution in [0, 0.1) is 5.92 Å². The molecule has 5 heteroatoms. The molecule has 2 atom stereocenters. The van der Waals surface area contributed by atoms with E-state index in [1.165, 1.54) is 19.3 Å². The van der Waals surface area contributed by atoms with E-state index in [2.05, 4.69) is 17.2 Å². The maximum atomic E-state index is 5.93. The monoisotopic (exact) mass is 305 g/mol. The van der Waals surface area contributed by atoms with Crippen LogP contribution in [0.3, 0.4) is 0 Å². The lowest BCUT2D eigenvalue weighted by Gasteiger charge is -2.09. The van der Waals surface area contributed by atoms with Crippen molar-refractivity contribution in [2.45, 2.75) is 38.6 Å². The third-order valence-electron chi connectivity index (χ3n) is 4.05. The molecule has 0 radical (unpaired) electrons. The first-order valence-electron chi connectivity index (χ1n) is 7.95. The van der Waals surface area contributed by atoms with E-state index < -0.39 is 0 Å². The highest BCUT2D eigenvalue weighted by molar-refractivity contribution is 5.78. The first kappa shape index (κ1) is 16.5. The summed E-state index contributed by atoms with van der Waals surface area (Å²) in [6.45, 7) is 2.88. The van der Waals surface area contributed by atoms with Crippen LogP contribution in [0.4, 0.5) is 0 Å². The number of methoxy groups -OCH3 is 2. The Labute approximate surface area is 132 Å². The fourth-order valence-corrected chi connectivity index (χ4v) is 2.69. The maximum Gasteiger partial charge on any atom is 0.188 e. The van der Waals surface area contributed by atoms with Gasteiger partial charge in [0.1, 0.15) is 0 Å². The molecule has 2 rings (SSSR count). The number of nitrogens with one attached hydrogen (secondary N) is 1. The second-order valence-corrected chi connectivity index (χ2v) is 5.74.